The maximum atomic E-state index is 13.8. The lowest BCUT2D eigenvalue weighted by atomic mass is 9.72. The first-order chi connectivity index (χ1) is 19.7. The van der Waals surface area contributed by atoms with Crippen molar-refractivity contribution in [2.45, 2.75) is 124 Å². The van der Waals surface area contributed by atoms with Gasteiger partial charge in [-0.1, -0.05) is 13.8 Å². The molecule has 0 aliphatic rings. The molecule has 43 heavy (non-hydrogen) atoms. The Morgan fingerprint density at radius 1 is 0.907 bits per heavy atom. The number of nitrogens with one attached hydrogen (secondary N) is 1. The van der Waals surface area contributed by atoms with Gasteiger partial charge in [-0.2, -0.15) is 0 Å². The van der Waals surface area contributed by atoms with Crippen molar-refractivity contribution in [2.24, 2.45) is 5.41 Å². The maximum Gasteiger partial charge on any atom is 0.303 e. The summed E-state index contributed by atoms with van der Waals surface area (Å²) in [5, 5.41) is 21.8. The molecule has 0 aliphatic carbocycles. The molecule has 0 radical (unpaired) electrons. The van der Waals surface area contributed by atoms with Crippen molar-refractivity contribution in [2.75, 3.05) is 38.6 Å². The van der Waals surface area contributed by atoms with Gasteiger partial charge in [-0.05, 0) is 60.8 Å². The highest BCUT2D eigenvalue weighted by atomic mass is 32.2. The van der Waals surface area contributed by atoms with Crippen molar-refractivity contribution >= 4 is 48.6 Å². The number of carboxylic acid groups (broad SMARTS) is 1. The summed E-state index contributed by atoms with van der Waals surface area (Å²) in [4.78, 5) is 52.7. The summed E-state index contributed by atoms with van der Waals surface area (Å²) >= 11 is 3.80. The molecule has 0 aromatic heterocycles. The second-order valence-corrected chi connectivity index (χ2v) is 15.0. The predicted molar refractivity (Wildman–Crippen MR) is 176 cm³/mol. The van der Waals surface area contributed by atoms with Gasteiger partial charge < -0.3 is 30.1 Å². The number of carbonyl (C=O) groups excluding carboxylic acids is 3. The van der Waals surface area contributed by atoms with E-state index in [0.717, 1.165) is 24.2 Å². The highest BCUT2D eigenvalue weighted by Crippen LogP contribution is 2.39. The summed E-state index contributed by atoms with van der Waals surface area (Å²) < 4.78 is 10.9. The largest absolute Gasteiger partial charge is 0.481 e. The zero-order chi connectivity index (χ0) is 33.5. The highest BCUT2D eigenvalue weighted by Gasteiger charge is 2.46. The maximum absolute atomic E-state index is 13.8. The van der Waals surface area contributed by atoms with Gasteiger partial charge in [-0.15, -0.1) is 0 Å². The minimum absolute atomic E-state index is 0.0495. The van der Waals surface area contributed by atoms with Crippen LogP contribution in [0.15, 0.2) is 0 Å². The number of unbranched alkanes of at least 4 members (excludes halogenated alkanes) is 1. The van der Waals surface area contributed by atoms with E-state index >= 15 is 0 Å². The zero-order valence-corrected chi connectivity index (χ0v) is 29.8. The molecule has 13 heteroatoms. The number of rotatable bonds is 23. The third-order valence-electron chi connectivity index (χ3n) is 8.01. The van der Waals surface area contributed by atoms with E-state index < -0.39 is 28.1 Å². The van der Waals surface area contributed by atoms with Crippen LogP contribution in [0, 0.1) is 5.41 Å². The van der Waals surface area contributed by atoms with Crippen LogP contribution < -0.4 is 5.32 Å². The standard InChI is InChI=1S/C30H57N3O8S2/c1-23(34)32(18-16-29(6,7)39)30(8,9)27(2,3)21-33(28(4,5)22-40-19-12-20-43-41-42)25(36)13-10-11-17-31-24(35)14-15-26(37)38/h39,42H,10-22H2,1-9H3,(H,31,35)(H,37,38)/p+2. The fourth-order valence-corrected chi connectivity index (χ4v) is 5.18. The third-order valence-corrected chi connectivity index (χ3v) is 9.02. The monoisotopic (exact) mass is 653 g/mol. The molecule has 0 spiro atoms. The minimum Gasteiger partial charge on any atom is -0.481 e. The smallest absolute Gasteiger partial charge is 0.303 e. The summed E-state index contributed by atoms with van der Waals surface area (Å²) in [5.41, 5.74) is -2.78. The van der Waals surface area contributed by atoms with E-state index in [-0.39, 0.29) is 37.0 Å². The second-order valence-electron chi connectivity index (χ2n) is 13.5. The summed E-state index contributed by atoms with van der Waals surface area (Å²) in [6.45, 7) is 19.0. The molecule has 0 bridgehead atoms. The van der Waals surface area contributed by atoms with Crippen LogP contribution in [0.3, 0.4) is 0 Å². The van der Waals surface area contributed by atoms with Crippen molar-refractivity contribution in [3.8, 4) is 0 Å². The lowest BCUT2D eigenvalue weighted by Gasteiger charge is -2.53. The Kier molecular flexibility index (Phi) is 18.4. The molecule has 0 fully saturated rings. The van der Waals surface area contributed by atoms with Crippen LogP contribution in [0.25, 0.3) is 0 Å². The summed E-state index contributed by atoms with van der Waals surface area (Å²) in [6, 6.07) is 0. The van der Waals surface area contributed by atoms with Crippen molar-refractivity contribution < 1.29 is 37.8 Å². The van der Waals surface area contributed by atoms with Gasteiger partial charge in [0.1, 0.15) is 5.75 Å². The molecule has 3 N–H and O–H groups in total. The third kappa shape index (κ3) is 16.4. The average Bonchev–Trinajstić information content (AvgIpc) is 2.86. The van der Waals surface area contributed by atoms with Crippen molar-refractivity contribution in [3.05, 3.63) is 0 Å². The topological polar surface area (TPSA) is 146 Å². The van der Waals surface area contributed by atoms with E-state index in [2.05, 4.69) is 32.1 Å². The number of hydrogen-bond acceptors (Lipinski definition) is 7. The summed E-state index contributed by atoms with van der Waals surface area (Å²) in [6.07, 6.45) is 2.32. The predicted octanol–water partition coefficient (Wildman–Crippen LogP) is 2.64. The normalized spacial score (nSPS) is 12.6. The van der Waals surface area contributed by atoms with Gasteiger partial charge in [0.25, 0.3) is 0 Å². The van der Waals surface area contributed by atoms with E-state index in [9.17, 15) is 24.3 Å². The zero-order valence-electron chi connectivity index (χ0n) is 27.9. The number of hydrogen-bond donors (Lipinski definition) is 3. The van der Waals surface area contributed by atoms with Gasteiger partial charge in [0, 0.05) is 60.4 Å². The number of carbonyl (C=O) groups is 4. The van der Waals surface area contributed by atoms with Crippen molar-refractivity contribution in [3.63, 3.8) is 0 Å². The number of ether oxygens (including phenoxy) is 1. The number of nitrogens with zero attached hydrogens (tertiary/aromatic N) is 2. The number of carboxylic acids is 1. The Morgan fingerprint density at radius 2 is 1.53 bits per heavy atom. The molecule has 0 aromatic rings. The number of aliphatic hydroxyl groups is 1. The molecule has 0 saturated carbocycles. The molecule has 11 nitrogen and oxygen atoms in total. The molecule has 3 amide bonds. The first-order valence-corrected chi connectivity index (χ1v) is 16.5. The molecule has 0 atom stereocenters. The Hall–Kier alpha value is -1.54. The molecular weight excluding hydrogens is 594 g/mol. The first kappa shape index (κ1) is 41.5. The number of aliphatic carboxylic acids is 1. The Bertz CT molecular complexity index is 891. The highest BCUT2D eigenvalue weighted by molar-refractivity contribution is 7.80. The van der Waals surface area contributed by atoms with Gasteiger partial charge in [0.2, 0.25) is 17.7 Å². The number of amides is 3. The van der Waals surface area contributed by atoms with Crippen LogP contribution in [0.4, 0.5) is 0 Å². The van der Waals surface area contributed by atoms with Crippen LogP contribution in [-0.2, 0) is 52.5 Å². The fraction of sp³-hybridized carbons (Fsp3) is 0.867. The van der Waals surface area contributed by atoms with Gasteiger partial charge >= 0.3 is 5.97 Å². The van der Waals surface area contributed by atoms with E-state index in [1.165, 1.54) is 6.92 Å². The van der Waals surface area contributed by atoms with E-state index in [0.29, 0.717) is 52.1 Å². The molecule has 0 saturated heterocycles. The Labute approximate surface area is 269 Å². The van der Waals surface area contributed by atoms with Crippen LogP contribution in [-0.4, -0.2) is 99.0 Å². The van der Waals surface area contributed by atoms with Gasteiger partial charge in [0.15, 0.2) is 25.0 Å². The SMILES string of the molecule is CC(=O)N(CCC(C)(C)O)C(C)(C)C(C)(C)CN(C(=O)CCCCNC(=O)CCC(=O)O)C(C)(C)COCCC[SH+]O[SH2+]. The first-order valence-electron chi connectivity index (χ1n) is 15.0. The van der Waals surface area contributed by atoms with Gasteiger partial charge in [-0.25, -0.2) is 0 Å². The molecule has 252 valence electrons. The van der Waals surface area contributed by atoms with Gasteiger partial charge in [-0.3, -0.25) is 19.2 Å². The lowest BCUT2D eigenvalue weighted by Crippen LogP contribution is -2.63. The van der Waals surface area contributed by atoms with Crippen molar-refractivity contribution in [1.82, 2.24) is 15.1 Å². The molecule has 0 rings (SSSR count). The molecule has 0 aliphatic heterocycles. The Morgan fingerprint density at radius 3 is 2.07 bits per heavy atom. The molecular formula is C30H59N3O8S2+2. The molecule has 0 heterocycles. The van der Waals surface area contributed by atoms with Crippen LogP contribution in [0.1, 0.15) is 107 Å². The van der Waals surface area contributed by atoms with Crippen molar-refractivity contribution in [1.29, 1.82) is 0 Å². The second kappa shape index (κ2) is 19.1. The fourth-order valence-electron chi connectivity index (χ4n) is 4.56. The van der Waals surface area contributed by atoms with Gasteiger partial charge in [0.05, 0.1) is 30.8 Å². The summed E-state index contributed by atoms with van der Waals surface area (Å²) in [7, 11) is 0. The summed E-state index contributed by atoms with van der Waals surface area (Å²) in [5.74, 6) is -0.674. The molecule has 0 unspecified atom stereocenters. The quantitative estimate of drug-likeness (QED) is 0.0867. The van der Waals surface area contributed by atoms with E-state index in [4.69, 9.17) is 13.5 Å². The Balaban J connectivity index is 5.72. The minimum atomic E-state index is -1.02. The van der Waals surface area contributed by atoms with Crippen LogP contribution in [0.2, 0.25) is 0 Å². The van der Waals surface area contributed by atoms with E-state index in [1.54, 1.807) is 18.7 Å². The van der Waals surface area contributed by atoms with Crippen LogP contribution in [0.5, 0.6) is 0 Å². The lowest BCUT2D eigenvalue weighted by molar-refractivity contribution is -0.148. The van der Waals surface area contributed by atoms with Crippen LogP contribution >= 0.6 is 0 Å². The van der Waals surface area contributed by atoms with E-state index in [1.807, 2.05) is 32.6 Å². The number of thiol groups is 1. The average molecular weight is 654 g/mol. The molecule has 0 aromatic carbocycles.